The molecule has 2 rings (SSSR count). The van der Waals surface area contributed by atoms with Crippen LogP contribution < -0.4 is 10.6 Å². The normalized spacial score (nSPS) is 28.3. The highest BCUT2D eigenvalue weighted by Crippen LogP contribution is 2.28. The van der Waals surface area contributed by atoms with Gasteiger partial charge in [-0.3, -0.25) is 9.89 Å². The van der Waals surface area contributed by atoms with Gasteiger partial charge < -0.3 is 10.6 Å². The molecule has 0 bridgehead atoms. The third-order valence-electron chi connectivity index (χ3n) is 4.61. The van der Waals surface area contributed by atoms with Crippen LogP contribution in [-0.2, 0) is 0 Å². The second kappa shape index (κ2) is 6.79. The monoisotopic (exact) mass is 280 g/mol. The van der Waals surface area contributed by atoms with E-state index < -0.39 is 0 Å². The second-order valence-corrected chi connectivity index (χ2v) is 7.02. The van der Waals surface area contributed by atoms with Crippen molar-refractivity contribution in [2.75, 3.05) is 26.2 Å². The van der Waals surface area contributed by atoms with Gasteiger partial charge in [0.25, 0.3) is 0 Å². The Balaban J connectivity index is 1.88. The molecule has 1 aliphatic carbocycles. The van der Waals surface area contributed by atoms with Gasteiger partial charge >= 0.3 is 0 Å². The number of rotatable bonds is 5. The number of nitrogens with zero attached hydrogens (tertiary/aromatic N) is 2. The maximum Gasteiger partial charge on any atom is 0.191 e. The predicted molar refractivity (Wildman–Crippen MR) is 86.2 cm³/mol. The van der Waals surface area contributed by atoms with Gasteiger partial charge in [-0.15, -0.1) is 0 Å². The van der Waals surface area contributed by atoms with Crippen LogP contribution in [0.3, 0.4) is 0 Å². The maximum atomic E-state index is 4.83. The first-order chi connectivity index (χ1) is 9.53. The van der Waals surface area contributed by atoms with Crippen molar-refractivity contribution in [3.8, 4) is 0 Å². The Labute approximate surface area is 124 Å². The Kier molecular flexibility index (Phi) is 5.30. The molecule has 2 N–H and O–H groups in total. The predicted octanol–water partition coefficient (Wildman–Crippen LogP) is 2.21. The van der Waals surface area contributed by atoms with E-state index in [-0.39, 0.29) is 5.54 Å². The summed E-state index contributed by atoms with van der Waals surface area (Å²) in [4.78, 5) is 7.43. The fourth-order valence-corrected chi connectivity index (χ4v) is 2.89. The lowest BCUT2D eigenvalue weighted by molar-refractivity contribution is 0.102. The Morgan fingerprint density at radius 2 is 1.90 bits per heavy atom. The molecule has 2 aliphatic rings. The van der Waals surface area contributed by atoms with E-state index in [1.165, 1.54) is 38.8 Å². The van der Waals surface area contributed by atoms with Crippen molar-refractivity contribution in [2.45, 2.75) is 65.0 Å². The Bertz CT molecular complexity index is 331. The molecular formula is C16H32N4. The van der Waals surface area contributed by atoms with E-state index in [2.05, 4.69) is 43.2 Å². The molecule has 4 nitrogen and oxygen atoms in total. The summed E-state index contributed by atoms with van der Waals surface area (Å²) in [5.74, 6) is 1.79. The average Bonchev–Trinajstić information content (AvgIpc) is 3.13. The molecule has 0 spiro atoms. The van der Waals surface area contributed by atoms with Crippen molar-refractivity contribution in [2.24, 2.45) is 10.9 Å². The minimum Gasteiger partial charge on any atom is -0.357 e. The molecule has 1 saturated heterocycles. The van der Waals surface area contributed by atoms with Crippen LogP contribution in [0.25, 0.3) is 0 Å². The minimum atomic E-state index is 0.165. The number of hydrogen-bond acceptors (Lipinski definition) is 2. The highest BCUT2D eigenvalue weighted by molar-refractivity contribution is 5.80. The Hall–Kier alpha value is -0.770. The van der Waals surface area contributed by atoms with Crippen LogP contribution in [0.1, 0.15) is 53.4 Å². The van der Waals surface area contributed by atoms with Crippen molar-refractivity contribution in [1.29, 1.82) is 0 Å². The van der Waals surface area contributed by atoms with E-state index >= 15 is 0 Å². The molecule has 0 aromatic heterocycles. The molecule has 4 heteroatoms. The number of nitrogens with one attached hydrogen (secondary N) is 2. The van der Waals surface area contributed by atoms with Gasteiger partial charge in [-0.05, 0) is 59.0 Å². The van der Waals surface area contributed by atoms with E-state index in [1.807, 2.05) is 0 Å². The molecule has 116 valence electrons. The summed E-state index contributed by atoms with van der Waals surface area (Å²) in [6, 6.07) is 0.630. The van der Waals surface area contributed by atoms with Crippen LogP contribution in [-0.4, -0.2) is 48.6 Å². The largest absolute Gasteiger partial charge is 0.357 e. The highest BCUT2D eigenvalue weighted by atomic mass is 15.2. The standard InChI is InChI=1S/C16H32N4/c1-5-17-15(19-14-11-13(14)2)18-12-16(3,4)20-9-7-6-8-10-20/h13-14H,5-12H2,1-4H3,(H2,17,18,19). The van der Waals surface area contributed by atoms with Crippen LogP contribution in [0.15, 0.2) is 4.99 Å². The molecule has 0 radical (unpaired) electrons. The third kappa shape index (κ3) is 4.37. The van der Waals surface area contributed by atoms with Crippen molar-refractivity contribution >= 4 is 5.96 Å². The lowest BCUT2D eigenvalue weighted by Gasteiger charge is -2.40. The lowest BCUT2D eigenvalue weighted by Crippen LogP contribution is -2.49. The molecule has 0 aromatic rings. The van der Waals surface area contributed by atoms with Crippen molar-refractivity contribution in [1.82, 2.24) is 15.5 Å². The summed E-state index contributed by atoms with van der Waals surface area (Å²) in [6.07, 6.45) is 5.34. The summed E-state index contributed by atoms with van der Waals surface area (Å²) in [7, 11) is 0. The van der Waals surface area contributed by atoms with E-state index in [4.69, 9.17) is 4.99 Å². The van der Waals surface area contributed by atoms with Gasteiger partial charge in [0, 0.05) is 18.1 Å². The van der Waals surface area contributed by atoms with Crippen LogP contribution >= 0.6 is 0 Å². The SMILES string of the molecule is CCNC(=NCC(C)(C)N1CCCCC1)NC1CC1C. The third-order valence-corrected chi connectivity index (χ3v) is 4.61. The van der Waals surface area contributed by atoms with Crippen LogP contribution in [0.4, 0.5) is 0 Å². The second-order valence-electron chi connectivity index (χ2n) is 7.02. The molecule has 1 aliphatic heterocycles. The van der Waals surface area contributed by atoms with E-state index in [0.29, 0.717) is 6.04 Å². The molecule has 1 saturated carbocycles. The van der Waals surface area contributed by atoms with E-state index in [1.54, 1.807) is 0 Å². The smallest absolute Gasteiger partial charge is 0.191 e. The molecule has 1 heterocycles. The molecule has 20 heavy (non-hydrogen) atoms. The van der Waals surface area contributed by atoms with Gasteiger partial charge in [0.15, 0.2) is 5.96 Å². The summed E-state index contributed by atoms with van der Waals surface area (Å²) >= 11 is 0. The first-order valence-corrected chi connectivity index (χ1v) is 8.33. The topological polar surface area (TPSA) is 39.7 Å². The number of guanidine groups is 1. The molecule has 2 atom stereocenters. The molecule has 2 unspecified atom stereocenters. The quantitative estimate of drug-likeness (QED) is 0.599. The van der Waals surface area contributed by atoms with Crippen molar-refractivity contribution in [3.05, 3.63) is 0 Å². The van der Waals surface area contributed by atoms with Gasteiger partial charge in [-0.25, -0.2) is 0 Å². The molecular weight excluding hydrogens is 248 g/mol. The fourth-order valence-electron chi connectivity index (χ4n) is 2.89. The number of aliphatic imine (C=N–C) groups is 1. The van der Waals surface area contributed by atoms with Crippen molar-refractivity contribution in [3.63, 3.8) is 0 Å². The summed E-state index contributed by atoms with van der Waals surface area (Å²) < 4.78 is 0. The zero-order valence-corrected chi connectivity index (χ0v) is 13.7. The Morgan fingerprint density at radius 1 is 1.25 bits per heavy atom. The Morgan fingerprint density at radius 3 is 2.45 bits per heavy atom. The first kappa shape index (κ1) is 15.6. The van der Waals surface area contributed by atoms with E-state index in [0.717, 1.165) is 25.0 Å². The zero-order valence-electron chi connectivity index (χ0n) is 13.7. The number of piperidine rings is 1. The number of likely N-dealkylation sites (tertiary alicyclic amines) is 1. The van der Waals surface area contributed by atoms with Crippen LogP contribution in [0.5, 0.6) is 0 Å². The lowest BCUT2D eigenvalue weighted by atomic mass is 9.99. The number of hydrogen-bond donors (Lipinski definition) is 2. The maximum absolute atomic E-state index is 4.83. The van der Waals surface area contributed by atoms with Gasteiger partial charge in [0.2, 0.25) is 0 Å². The summed E-state index contributed by atoms with van der Waals surface area (Å²) in [6.45, 7) is 13.3. The molecule has 2 fully saturated rings. The average molecular weight is 280 g/mol. The van der Waals surface area contributed by atoms with Gasteiger partial charge in [-0.1, -0.05) is 13.3 Å². The van der Waals surface area contributed by atoms with Gasteiger partial charge in [0.1, 0.15) is 0 Å². The van der Waals surface area contributed by atoms with Crippen LogP contribution in [0, 0.1) is 5.92 Å². The first-order valence-electron chi connectivity index (χ1n) is 8.33. The highest BCUT2D eigenvalue weighted by Gasteiger charge is 2.33. The van der Waals surface area contributed by atoms with Gasteiger partial charge in [-0.2, -0.15) is 0 Å². The molecule has 0 amide bonds. The zero-order chi connectivity index (χ0) is 14.6. The summed E-state index contributed by atoms with van der Waals surface area (Å²) in [5, 5.41) is 6.91. The summed E-state index contributed by atoms with van der Waals surface area (Å²) in [5.41, 5.74) is 0.165. The minimum absolute atomic E-state index is 0.165. The van der Waals surface area contributed by atoms with E-state index in [9.17, 15) is 0 Å². The van der Waals surface area contributed by atoms with Crippen LogP contribution in [0.2, 0.25) is 0 Å². The van der Waals surface area contributed by atoms with Gasteiger partial charge in [0.05, 0.1) is 6.54 Å². The molecule has 0 aromatic carbocycles. The fraction of sp³-hybridized carbons (Fsp3) is 0.938. The van der Waals surface area contributed by atoms with Crippen molar-refractivity contribution < 1.29 is 0 Å².